The van der Waals surface area contributed by atoms with Crippen molar-refractivity contribution in [3.05, 3.63) is 47.6 Å². The third-order valence-corrected chi connectivity index (χ3v) is 3.05. The zero-order valence-corrected chi connectivity index (χ0v) is 11.8. The van der Waals surface area contributed by atoms with Gasteiger partial charge in [0.1, 0.15) is 12.2 Å². The van der Waals surface area contributed by atoms with Crippen LogP contribution in [0, 0.1) is 6.92 Å². The Hall–Kier alpha value is -2.54. The lowest BCUT2D eigenvalue weighted by Gasteiger charge is -1.96. The number of aromatic nitrogens is 5. The van der Waals surface area contributed by atoms with Gasteiger partial charge in [-0.15, -0.1) is 15.3 Å². The molecular formula is C14H15N5O2. The zero-order valence-electron chi connectivity index (χ0n) is 11.8. The summed E-state index contributed by atoms with van der Waals surface area (Å²) < 4.78 is 7.16. The van der Waals surface area contributed by atoms with Crippen LogP contribution in [-0.4, -0.2) is 30.3 Å². The summed E-state index contributed by atoms with van der Waals surface area (Å²) in [6.07, 6.45) is 1.00. The van der Waals surface area contributed by atoms with Gasteiger partial charge in [0.2, 0.25) is 11.8 Å². The van der Waals surface area contributed by atoms with Crippen molar-refractivity contribution in [3.63, 3.8) is 0 Å². The van der Waals surface area contributed by atoms with Crippen molar-refractivity contribution in [1.29, 1.82) is 0 Å². The molecule has 0 aliphatic rings. The molecule has 2 heterocycles. The Kier molecular flexibility index (Phi) is 3.49. The average molecular weight is 285 g/mol. The van der Waals surface area contributed by atoms with Crippen LogP contribution in [0.5, 0.6) is 0 Å². The van der Waals surface area contributed by atoms with Crippen molar-refractivity contribution in [3.8, 4) is 11.5 Å². The Bertz CT molecular complexity index is 730. The summed E-state index contributed by atoms with van der Waals surface area (Å²) in [6.45, 7) is 3.97. The molecule has 7 nitrogen and oxygen atoms in total. The van der Waals surface area contributed by atoms with Crippen molar-refractivity contribution >= 4 is 0 Å². The van der Waals surface area contributed by atoms with E-state index in [0.29, 0.717) is 24.0 Å². The largest absolute Gasteiger partial charge is 0.419 e. The third-order valence-electron chi connectivity index (χ3n) is 3.05. The molecule has 0 saturated carbocycles. The monoisotopic (exact) mass is 285 g/mol. The first-order valence-corrected chi connectivity index (χ1v) is 6.59. The lowest BCUT2D eigenvalue weighted by atomic mass is 10.1. The molecule has 0 spiro atoms. The zero-order chi connectivity index (χ0) is 14.8. The number of benzene rings is 1. The van der Waals surface area contributed by atoms with Crippen molar-refractivity contribution in [2.24, 2.45) is 0 Å². The maximum Gasteiger partial charge on any atom is 0.247 e. The van der Waals surface area contributed by atoms with E-state index in [1.54, 1.807) is 17.8 Å². The van der Waals surface area contributed by atoms with Gasteiger partial charge in [-0.2, -0.15) is 0 Å². The Morgan fingerprint density at radius 2 is 1.95 bits per heavy atom. The summed E-state index contributed by atoms with van der Waals surface area (Å²) in [5, 5.41) is 25.2. The van der Waals surface area contributed by atoms with Crippen LogP contribution in [0.1, 0.15) is 30.2 Å². The first-order valence-electron chi connectivity index (χ1n) is 6.59. The Morgan fingerprint density at radius 3 is 2.62 bits per heavy atom. The molecule has 3 rings (SSSR count). The first kappa shape index (κ1) is 13.4. The molecule has 0 radical (unpaired) electrons. The van der Waals surface area contributed by atoms with Crippen LogP contribution in [-0.2, 0) is 6.54 Å². The maximum absolute atomic E-state index is 9.41. The molecule has 0 aliphatic heterocycles. The number of hydrogen-bond acceptors (Lipinski definition) is 6. The Balaban J connectivity index is 1.76. The van der Waals surface area contributed by atoms with Gasteiger partial charge in [-0.05, 0) is 26.0 Å². The van der Waals surface area contributed by atoms with E-state index in [1.165, 1.54) is 5.56 Å². The molecule has 0 amide bonds. The van der Waals surface area contributed by atoms with Crippen LogP contribution < -0.4 is 0 Å². The summed E-state index contributed by atoms with van der Waals surface area (Å²) in [6, 6.07) is 7.86. The minimum absolute atomic E-state index is 0.318. The standard InChI is InChI=1S/C14H15N5O2/c1-9-3-5-11(6-4-9)14-17-16-13(21-14)8-19-7-12(10(2)20)15-18-19/h3-7,10,20H,8H2,1-2H3. The highest BCUT2D eigenvalue weighted by Crippen LogP contribution is 2.18. The molecule has 1 N–H and O–H groups in total. The van der Waals surface area contributed by atoms with Crippen molar-refractivity contribution < 1.29 is 9.52 Å². The van der Waals surface area contributed by atoms with Crippen LogP contribution in [0.25, 0.3) is 11.5 Å². The van der Waals surface area contributed by atoms with Gasteiger partial charge >= 0.3 is 0 Å². The lowest BCUT2D eigenvalue weighted by molar-refractivity contribution is 0.194. The quantitative estimate of drug-likeness (QED) is 0.785. The number of nitrogens with zero attached hydrogens (tertiary/aromatic N) is 5. The van der Waals surface area contributed by atoms with E-state index >= 15 is 0 Å². The number of hydrogen-bond donors (Lipinski definition) is 1. The second-order valence-electron chi connectivity index (χ2n) is 4.88. The molecule has 1 atom stereocenters. The number of aliphatic hydroxyl groups is 1. The molecule has 0 fully saturated rings. The summed E-state index contributed by atoms with van der Waals surface area (Å²) in [4.78, 5) is 0. The van der Waals surface area contributed by atoms with Crippen molar-refractivity contribution in [2.45, 2.75) is 26.5 Å². The fourth-order valence-electron chi connectivity index (χ4n) is 1.85. The summed E-state index contributed by atoms with van der Waals surface area (Å²) in [5.74, 6) is 0.911. The van der Waals surface area contributed by atoms with E-state index in [4.69, 9.17) is 4.42 Å². The maximum atomic E-state index is 9.41. The smallest absolute Gasteiger partial charge is 0.247 e. The molecule has 3 aromatic rings. The summed E-state index contributed by atoms with van der Waals surface area (Å²) in [5.41, 5.74) is 2.56. The molecular weight excluding hydrogens is 270 g/mol. The van der Waals surface area contributed by atoms with Crippen molar-refractivity contribution in [2.75, 3.05) is 0 Å². The molecule has 0 saturated heterocycles. The predicted octanol–water partition coefficient (Wildman–Crippen LogP) is 1.74. The van der Waals surface area contributed by atoms with Gasteiger partial charge in [-0.25, -0.2) is 4.68 Å². The third kappa shape index (κ3) is 2.97. The molecule has 0 aliphatic carbocycles. The Morgan fingerprint density at radius 1 is 1.19 bits per heavy atom. The van der Waals surface area contributed by atoms with Gasteiger partial charge in [-0.3, -0.25) is 0 Å². The highest BCUT2D eigenvalue weighted by molar-refractivity contribution is 5.52. The number of rotatable bonds is 4. The summed E-state index contributed by atoms with van der Waals surface area (Å²) in [7, 11) is 0. The normalized spacial score (nSPS) is 12.5. The summed E-state index contributed by atoms with van der Waals surface area (Å²) >= 11 is 0. The predicted molar refractivity (Wildman–Crippen MR) is 74.2 cm³/mol. The fourth-order valence-corrected chi connectivity index (χ4v) is 1.85. The number of aliphatic hydroxyl groups excluding tert-OH is 1. The first-order chi connectivity index (χ1) is 10.1. The van der Waals surface area contributed by atoms with Gasteiger partial charge < -0.3 is 9.52 Å². The highest BCUT2D eigenvalue weighted by Gasteiger charge is 2.11. The van der Waals surface area contributed by atoms with Gasteiger partial charge in [0, 0.05) is 5.56 Å². The topological polar surface area (TPSA) is 89.9 Å². The molecule has 1 unspecified atom stereocenters. The average Bonchev–Trinajstić information content (AvgIpc) is 3.10. The van der Waals surface area contributed by atoms with E-state index in [0.717, 1.165) is 5.56 Å². The van der Waals surface area contributed by atoms with E-state index in [1.807, 2.05) is 31.2 Å². The van der Waals surface area contributed by atoms with Crippen LogP contribution in [0.3, 0.4) is 0 Å². The van der Waals surface area contributed by atoms with Gasteiger partial charge in [0.25, 0.3) is 0 Å². The lowest BCUT2D eigenvalue weighted by Crippen LogP contribution is -2.00. The van der Waals surface area contributed by atoms with E-state index < -0.39 is 6.10 Å². The molecule has 1 aromatic carbocycles. The van der Waals surface area contributed by atoms with E-state index in [9.17, 15) is 5.11 Å². The second-order valence-corrected chi connectivity index (χ2v) is 4.88. The van der Waals surface area contributed by atoms with Crippen LogP contribution >= 0.6 is 0 Å². The minimum Gasteiger partial charge on any atom is -0.419 e. The van der Waals surface area contributed by atoms with Gasteiger partial charge in [0.05, 0.1) is 12.3 Å². The molecule has 2 aromatic heterocycles. The molecule has 0 bridgehead atoms. The van der Waals surface area contributed by atoms with Gasteiger partial charge in [-0.1, -0.05) is 22.9 Å². The Labute approximate surface area is 121 Å². The van der Waals surface area contributed by atoms with E-state index in [-0.39, 0.29) is 0 Å². The van der Waals surface area contributed by atoms with E-state index in [2.05, 4.69) is 20.5 Å². The molecule has 7 heteroatoms. The van der Waals surface area contributed by atoms with Crippen LogP contribution in [0.2, 0.25) is 0 Å². The second kappa shape index (κ2) is 5.45. The van der Waals surface area contributed by atoms with Gasteiger partial charge in [0.15, 0.2) is 0 Å². The van der Waals surface area contributed by atoms with Crippen LogP contribution in [0.4, 0.5) is 0 Å². The fraction of sp³-hybridized carbons (Fsp3) is 0.286. The van der Waals surface area contributed by atoms with Crippen molar-refractivity contribution in [1.82, 2.24) is 25.2 Å². The highest BCUT2D eigenvalue weighted by atomic mass is 16.4. The molecule has 21 heavy (non-hydrogen) atoms. The van der Waals surface area contributed by atoms with Crippen LogP contribution in [0.15, 0.2) is 34.9 Å². The SMILES string of the molecule is Cc1ccc(-c2nnc(Cn3cc(C(C)O)nn3)o2)cc1. The number of aryl methyl sites for hydroxylation is 1. The minimum atomic E-state index is -0.649. The molecule has 108 valence electrons.